The van der Waals surface area contributed by atoms with Crippen LogP contribution in [0.5, 0.6) is 0 Å². The van der Waals surface area contributed by atoms with E-state index in [0.717, 1.165) is 24.1 Å². The number of anilines is 1. The van der Waals surface area contributed by atoms with Gasteiger partial charge in [-0.05, 0) is 37.5 Å². The van der Waals surface area contributed by atoms with Gasteiger partial charge in [-0.25, -0.2) is 4.79 Å². The van der Waals surface area contributed by atoms with E-state index in [4.69, 9.17) is 5.11 Å². The van der Waals surface area contributed by atoms with E-state index in [0.29, 0.717) is 6.42 Å². The third-order valence-corrected chi connectivity index (χ3v) is 3.08. The van der Waals surface area contributed by atoms with Gasteiger partial charge in [0.15, 0.2) is 0 Å². The smallest absolute Gasteiger partial charge is 0.326 e. The van der Waals surface area contributed by atoms with Crippen LogP contribution in [0.4, 0.5) is 5.69 Å². The molecule has 2 N–H and O–H groups in total. The van der Waals surface area contributed by atoms with E-state index in [9.17, 15) is 4.79 Å². The summed E-state index contributed by atoms with van der Waals surface area (Å²) in [7, 11) is 0. The fourth-order valence-corrected chi connectivity index (χ4v) is 1.76. The molecule has 0 saturated carbocycles. The van der Waals surface area contributed by atoms with Gasteiger partial charge in [0.2, 0.25) is 0 Å². The summed E-state index contributed by atoms with van der Waals surface area (Å²) in [5, 5.41) is 12.3. The van der Waals surface area contributed by atoms with Crippen LogP contribution in [-0.4, -0.2) is 17.1 Å². The zero-order chi connectivity index (χ0) is 12.8. The monoisotopic (exact) mass is 235 g/mol. The van der Waals surface area contributed by atoms with E-state index < -0.39 is 12.0 Å². The lowest BCUT2D eigenvalue weighted by Gasteiger charge is -2.18. The molecule has 0 saturated heterocycles. The van der Waals surface area contributed by atoms with Gasteiger partial charge in [-0.3, -0.25) is 0 Å². The van der Waals surface area contributed by atoms with Crippen molar-refractivity contribution in [1.29, 1.82) is 0 Å². The zero-order valence-corrected chi connectivity index (χ0v) is 10.8. The molecule has 0 aliphatic rings. The molecule has 0 aromatic heterocycles. The molecule has 0 spiro atoms. The number of rotatable bonds is 6. The molecule has 1 aromatic carbocycles. The molecule has 3 heteroatoms. The maximum atomic E-state index is 11.1. The van der Waals surface area contributed by atoms with Crippen LogP contribution in [0.2, 0.25) is 0 Å². The second-order valence-electron chi connectivity index (χ2n) is 4.42. The number of aliphatic carboxylic acids is 1. The Labute approximate surface area is 103 Å². The maximum Gasteiger partial charge on any atom is 0.326 e. The number of carboxylic acids is 1. The first-order valence-electron chi connectivity index (χ1n) is 6.11. The Morgan fingerprint density at radius 3 is 2.71 bits per heavy atom. The number of hydrogen-bond donors (Lipinski definition) is 2. The standard InChI is InChI=1S/C14H21NO2/c1-4-5-8-13(14(16)17)15-12-9-6-7-10(2)11(12)3/h6-7,9,13,15H,4-5,8H2,1-3H3,(H,16,17). The first-order chi connectivity index (χ1) is 8.06. The second-order valence-corrected chi connectivity index (χ2v) is 4.42. The molecule has 94 valence electrons. The zero-order valence-electron chi connectivity index (χ0n) is 10.8. The van der Waals surface area contributed by atoms with Gasteiger partial charge in [-0.15, -0.1) is 0 Å². The van der Waals surface area contributed by atoms with Crippen LogP contribution in [-0.2, 0) is 4.79 Å². The molecule has 1 aromatic rings. The molecule has 0 aliphatic heterocycles. The summed E-state index contributed by atoms with van der Waals surface area (Å²) in [6, 6.07) is 5.42. The number of carbonyl (C=O) groups is 1. The fraction of sp³-hybridized carbons (Fsp3) is 0.500. The summed E-state index contributed by atoms with van der Waals surface area (Å²) < 4.78 is 0. The molecule has 0 aliphatic carbocycles. The summed E-state index contributed by atoms with van der Waals surface area (Å²) in [5.74, 6) is -0.778. The van der Waals surface area contributed by atoms with Crippen molar-refractivity contribution >= 4 is 11.7 Å². The van der Waals surface area contributed by atoms with Gasteiger partial charge in [0, 0.05) is 5.69 Å². The summed E-state index contributed by atoms with van der Waals surface area (Å²) in [4.78, 5) is 11.1. The van der Waals surface area contributed by atoms with E-state index in [1.54, 1.807) is 0 Å². The van der Waals surface area contributed by atoms with Crippen molar-refractivity contribution in [1.82, 2.24) is 0 Å². The summed E-state index contributed by atoms with van der Waals surface area (Å²) in [5.41, 5.74) is 3.22. The molecule has 0 amide bonds. The number of nitrogens with one attached hydrogen (secondary N) is 1. The highest BCUT2D eigenvalue weighted by molar-refractivity contribution is 5.77. The topological polar surface area (TPSA) is 49.3 Å². The molecule has 1 atom stereocenters. The van der Waals surface area contributed by atoms with Crippen molar-refractivity contribution in [3.63, 3.8) is 0 Å². The maximum absolute atomic E-state index is 11.1. The third kappa shape index (κ3) is 3.77. The molecule has 0 heterocycles. The molecule has 0 bridgehead atoms. The number of unbranched alkanes of at least 4 members (excludes halogenated alkanes) is 1. The van der Waals surface area contributed by atoms with Crippen LogP contribution in [0.15, 0.2) is 18.2 Å². The van der Waals surface area contributed by atoms with Crippen molar-refractivity contribution in [2.75, 3.05) is 5.32 Å². The summed E-state index contributed by atoms with van der Waals surface area (Å²) >= 11 is 0. The van der Waals surface area contributed by atoms with E-state index in [-0.39, 0.29) is 0 Å². The molecule has 17 heavy (non-hydrogen) atoms. The normalized spacial score (nSPS) is 12.2. The van der Waals surface area contributed by atoms with Crippen molar-refractivity contribution in [3.8, 4) is 0 Å². The molecule has 1 rings (SSSR count). The van der Waals surface area contributed by atoms with Crippen LogP contribution in [0.25, 0.3) is 0 Å². The largest absolute Gasteiger partial charge is 0.480 e. The van der Waals surface area contributed by atoms with Crippen molar-refractivity contribution < 1.29 is 9.90 Å². The fourth-order valence-electron chi connectivity index (χ4n) is 1.76. The number of benzene rings is 1. The van der Waals surface area contributed by atoms with E-state index in [2.05, 4.69) is 12.2 Å². The van der Waals surface area contributed by atoms with Gasteiger partial charge < -0.3 is 10.4 Å². The van der Waals surface area contributed by atoms with E-state index >= 15 is 0 Å². The van der Waals surface area contributed by atoms with Gasteiger partial charge in [0.1, 0.15) is 6.04 Å². The first-order valence-corrected chi connectivity index (χ1v) is 6.11. The predicted molar refractivity (Wildman–Crippen MR) is 70.5 cm³/mol. The Hall–Kier alpha value is -1.51. The average molecular weight is 235 g/mol. The summed E-state index contributed by atoms with van der Waals surface area (Å²) in [6.07, 6.45) is 2.60. The number of aryl methyl sites for hydroxylation is 1. The molecule has 0 radical (unpaired) electrons. The number of carboxylic acid groups (broad SMARTS) is 1. The van der Waals surface area contributed by atoms with Crippen LogP contribution in [0, 0.1) is 13.8 Å². The predicted octanol–water partition coefficient (Wildman–Crippen LogP) is 3.36. The Bertz CT molecular complexity index is 388. The Kier molecular flexibility index (Phi) is 5.01. The van der Waals surface area contributed by atoms with Crippen LogP contribution in [0.1, 0.15) is 37.3 Å². The van der Waals surface area contributed by atoms with Crippen molar-refractivity contribution in [3.05, 3.63) is 29.3 Å². The summed E-state index contributed by atoms with van der Waals surface area (Å²) in [6.45, 7) is 6.11. The lowest BCUT2D eigenvalue weighted by atomic mass is 10.1. The van der Waals surface area contributed by atoms with E-state index in [1.165, 1.54) is 5.56 Å². The van der Waals surface area contributed by atoms with Gasteiger partial charge in [-0.1, -0.05) is 31.9 Å². The van der Waals surface area contributed by atoms with Gasteiger partial charge in [0.05, 0.1) is 0 Å². The van der Waals surface area contributed by atoms with Crippen LogP contribution < -0.4 is 5.32 Å². The van der Waals surface area contributed by atoms with E-state index in [1.807, 2.05) is 32.0 Å². The highest BCUT2D eigenvalue weighted by atomic mass is 16.4. The minimum atomic E-state index is -0.778. The van der Waals surface area contributed by atoms with Crippen molar-refractivity contribution in [2.45, 2.75) is 46.1 Å². The second kappa shape index (κ2) is 6.28. The Balaban J connectivity index is 2.78. The quantitative estimate of drug-likeness (QED) is 0.795. The highest BCUT2D eigenvalue weighted by Crippen LogP contribution is 2.20. The number of hydrogen-bond acceptors (Lipinski definition) is 2. The van der Waals surface area contributed by atoms with Gasteiger partial charge >= 0.3 is 5.97 Å². The average Bonchev–Trinajstić information content (AvgIpc) is 2.29. The lowest BCUT2D eigenvalue weighted by molar-refractivity contribution is -0.138. The minimum Gasteiger partial charge on any atom is -0.480 e. The molecule has 3 nitrogen and oxygen atoms in total. The Morgan fingerprint density at radius 2 is 2.12 bits per heavy atom. The molecular formula is C14H21NO2. The van der Waals surface area contributed by atoms with Gasteiger partial charge in [-0.2, -0.15) is 0 Å². The van der Waals surface area contributed by atoms with Gasteiger partial charge in [0.25, 0.3) is 0 Å². The first kappa shape index (κ1) is 13.6. The lowest BCUT2D eigenvalue weighted by Crippen LogP contribution is -2.29. The van der Waals surface area contributed by atoms with Crippen LogP contribution in [0.3, 0.4) is 0 Å². The third-order valence-electron chi connectivity index (χ3n) is 3.08. The molecular weight excluding hydrogens is 214 g/mol. The Morgan fingerprint density at radius 1 is 1.41 bits per heavy atom. The molecule has 0 fully saturated rings. The minimum absolute atomic E-state index is 0.490. The highest BCUT2D eigenvalue weighted by Gasteiger charge is 2.17. The van der Waals surface area contributed by atoms with Crippen LogP contribution >= 0.6 is 0 Å². The SMILES string of the molecule is CCCCC(Nc1cccc(C)c1C)C(=O)O. The van der Waals surface area contributed by atoms with Crippen molar-refractivity contribution in [2.24, 2.45) is 0 Å². The molecule has 1 unspecified atom stereocenters.